The third-order valence-corrected chi connectivity index (χ3v) is 3.12. The van der Waals surface area contributed by atoms with Crippen molar-refractivity contribution < 1.29 is 9.90 Å². The molecule has 0 aliphatic heterocycles. The van der Waals surface area contributed by atoms with Gasteiger partial charge in [0.15, 0.2) is 0 Å². The maximum absolute atomic E-state index is 11.1. The van der Waals surface area contributed by atoms with Crippen LogP contribution in [0.2, 0.25) is 0 Å². The Balaban J connectivity index is 2.35. The van der Waals surface area contributed by atoms with E-state index in [2.05, 4.69) is 12.2 Å². The molecule has 0 aliphatic carbocycles. The zero-order valence-corrected chi connectivity index (χ0v) is 11.6. The lowest BCUT2D eigenvalue weighted by Gasteiger charge is -2.10. The number of nitrogens with one attached hydrogen (secondary N) is 1. The number of rotatable bonds is 9. The molecule has 4 N–H and O–H groups in total. The summed E-state index contributed by atoms with van der Waals surface area (Å²) in [4.78, 5) is 11.1. The Hall–Kier alpha value is -1.71. The Morgan fingerprint density at radius 3 is 2.58 bits per heavy atom. The summed E-state index contributed by atoms with van der Waals surface area (Å²) >= 11 is 0. The Bertz CT molecular complexity index is 405. The summed E-state index contributed by atoms with van der Waals surface area (Å²) < 4.78 is 0. The molecular weight excluding hydrogens is 240 g/mol. The lowest BCUT2D eigenvalue weighted by molar-refractivity contribution is 0.0698. The maximum atomic E-state index is 11.1. The first kappa shape index (κ1) is 15.3. The molecule has 4 nitrogen and oxygen atoms in total. The van der Waals surface area contributed by atoms with Gasteiger partial charge in [0.1, 0.15) is 0 Å². The highest BCUT2D eigenvalue weighted by molar-refractivity contribution is 5.95. The summed E-state index contributed by atoms with van der Waals surface area (Å²) in [5.74, 6) is -0.947. The van der Waals surface area contributed by atoms with Crippen LogP contribution in [0.1, 0.15) is 55.8 Å². The molecule has 0 spiro atoms. The fraction of sp³-hybridized carbons (Fsp3) is 0.533. The summed E-state index contributed by atoms with van der Waals surface area (Å²) in [6.45, 7) is 3.01. The normalized spacial score (nSPS) is 10.4. The van der Waals surface area contributed by atoms with E-state index in [1.807, 2.05) is 0 Å². The zero-order chi connectivity index (χ0) is 14.1. The molecule has 0 saturated carbocycles. The minimum absolute atomic E-state index is 0.242. The standard InChI is InChI=1S/C15H24N2O2/c1-2-3-4-5-6-7-10-17-14-9-8-12(16)11-13(14)15(18)19/h8-9,11,17H,2-7,10,16H2,1H3,(H,18,19). The fourth-order valence-corrected chi connectivity index (χ4v) is 2.02. The highest BCUT2D eigenvalue weighted by Gasteiger charge is 2.09. The Labute approximate surface area is 115 Å². The zero-order valence-electron chi connectivity index (χ0n) is 11.6. The summed E-state index contributed by atoms with van der Waals surface area (Å²) in [6.07, 6.45) is 7.35. The number of hydrogen-bond donors (Lipinski definition) is 3. The average molecular weight is 264 g/mol. The van der Waals surface area contributed by atoms with Crippen LogP contribution in [-0.4, -0.2) is 17.6 Å². The predicted molar refractivity (Wildman–Crippen MR) is 79.7 cm³/mol. The summed E-state index contributed by atoms with van der Waals surface area (Å²) in [7, 11) is 0. The molecule has 4 heteroatoms. The third-order valence-electron chi connectivity index (χ3n) is 3.12. The van der Waals surface area contributed by atoms with E-state index in [4.69, 9.17) is 10.8 Å². The van der Waals surface area contributed by atoms with E-state index in [1.54, 1.807) is 12.1 Å². The summed E-state index contributed by atoms with van der Waals surface area (Å²) in [5, 5.41) is 12.3. The molecule has 0 unspecified atom stereocenters. The number of carboxylic acid groups (broad SMARTS) is 1. The van der Waals surface area contributed by atoms with Crippen LogP contribution >= 0.6 is 0 Å². The second-order valence-electron chi connectivity index (χ2n) is 4.80. The van der Waals surface area contributed by atoms with Crippen molar-refractivity contribution in [2.45, 2.75) is 45.4 Å². The molecule has 106 valence electrons. The second kappa shape index (κ2) is 8.40. The molecule has 0 radical (unpaired) electrons. The van der Waals surface area contributed by atoms with E-state index in [0.29, 0.717) is 11.4 Å². The number of benzene rings is 1. The summed E-state index contributed by atoms with van der Waals surface area (Å²) in [5.41, 5.74) is 6.96. The van der Waals surface area contributed by atoms with Gasteiger partial charge in [-0.25, -0.2) is 4.79 Å². The number of hydrogen-bond acceptors (Lipinski definition) is 3. The Kier molecular flexibility index (Phi) is 6.79. The molecule has 1 aromatic carbocycles. The minimum atomic E-state index is -0.947. The van der Waals surface area contributed by atoms with Crippen LogP contribution in [-0.2, 0) is 0 Å². The van der Waals surface area contributed by atoms with Crippen molar-refractivity contribution in [2.24, 2.45) is 0 Å². The van der Waals surface area contributed by atoms with Gasteiger partial charge in [0.2, 0.25) is 0 Å². The summed E-state index contributed by atoms with van der Waals surface area (Å²) in [6, 6.07) is 4.94. The molecule has 0 bridgehead atoms. The van der Waals surface area contributed by atoms with E-state index in [0.717, 1.165) is 13.0 Å². The first-order valence-electron chi connectivity index (χ1n) is 7.02. The minimum Gasteiger partial charge on any atom is -0.478 e. The van der Waals surface area contributed by atoms with E-state index in [-0.39, 0.29) is 5.56 Å². The second-order valence-corrected chi connectivity index (χ2v) is 4.80. The van der Waals surface area contributed by atoms with Crippen molar-refractivity contribution in [3.05, 3.63) is 23.8 Å². The molecular formula is C15H24N2O2. The van der Waals surface area contributed by atoms with Crippen LogP contribution in [0.3, 0.4) is 0 Å². The molecule has 0 fully saturated rings. The van der Waals surface area contributed by atoms with Gasteiger partial charge in [0, 0.05) is 17.9 Å². The SMILES string of the molecule is CCCCCCCCNc1ccc(N)cc1C(=O)O. The number of carbonyl (C=O) groups is 1. The van der Waals surface area contributed by atoms with Gasteiger partial charge in [-0.05, 0) is 24.6 Å². The lowest BCUT2D eigenvalue weighted by atomic mass is 10.1. The number of unbranched alkanes of at least 4 members (excludes halogenated alkanes) is 5. The van der Waals surface area contributed by atoms with Gasteiger partial charge in [-0.1, -0.05) is 39.0 Å². The van der Waals surface area contributed by atoms with Gasteiger partial charge in [-0.2, -0.15) is 0 Å². The van der Waals surface area contributed by atoms with Gasteiger partial charge in [0.05, 0.1) is 5.56 Å². The van der Waals surface area contributed by atoms with Gasteiger partial charge < -0.3 is 16.2 Å². The highest BCUT2D eigenvalue weighted by Crippen LogP contribution is 2.19. The number of nitrogen functional groups attached to an aromatic ring is 1. The van der Waals surface area contributed by atoms with Crippen molar-refractivity contribution in [3.63, 3.8) is 0 Å². The van der Waals surface area contributed by atoms with Crippen molar-refractivity contribution in [1.82, 2.24) is 0 Å². The smallest absolute Gasteiger partial charge is 0.337 e. The molecule has 1 rings (SSSR count). The van der Waals surface area contributed by atoms with E-state index >= 15 is 0 Å². The van der Waals surface area contributed by atoms with Crippen LogP contribution in [0.4, 0.5) is 11.4 Å². The molecule has 0 atom stereocenters. The molecule has 1 aromatic rings. The van der Waals surface area contributed by atoms with Gasteiger partial charge in [-0.3, -0.25) is 0 Å². The van der Waals surface area contributed by atoms with Gasteiger partial charge >= 0.3 is 5.97 Å². The molecule has 19 heavy (non-hydrogen) atoms. The number of carboxylic acids is 1. The highest BCUT2D eigenvalue weighted by atomic mass is 16.4. The lowest BCUT2D eigenvalue weighted by Crippen LogP contribution is -2.08. The molecule has 0 aromatic heterocycles. The van der Waals surface area contributed by atoms with Crippen molar-refractivity contribution in [2.75, 3.05) is 17.6 Å². The predicted octanol–water partition coefficient (Wildman–Crippen LogP) is 3.74. The first-order chi connectivity index (χ1) is 9.15. The van der Waals surface area contributed by atoms with Gasteiger partial charge in [-0.15, -0.1) is 0 Å². The number of nitrogens with two attached hydrogens (primary N) is 1. The van der Waals surface area contributed by atoms with Crippen LogP contribution in [0.5, 0.6) is 0 Å². The van der Waals surface area contributed by atoms with E-state index < -0.39 is 5.97 Å². The average Bonchev–Trinajstić information content (AvgIpc) is 2.39. The first-order valence-corrected chi connectivity index (χ1v) is 7.02. The molecule has 0 heterocycles. The largest absolute Gasteiger partial charge is 0.478 e. The maximum Gasteiger partial charge on any atom is 0.337 e. The monoisotopic (exact) mass is 264 g/mol. The number of anilines is 2. The van der Waals surface area contributed by atoms with Crippen LogP contribution in [0.15, 0.2) is 18.2 Å². The third kappa shape index (κ3) is 5.64. The van der Waals surface area contributed by atoms with Crippen LogP contribution < -0.4 is 11.1 Å². The van der Waals surface area contributed by atoms with E-state index in [1.165, 1.54) is 38.2 Å². The van der Waals surface area contributed by atoms with Crippen LogP contribution in [0, 0.1) is 0 Å². The topological polar surface area (TPSA) is 75.3 Å². The number of aromatic carboxylic acids is 1. The fourth-order valence-electron chi connectivity index (χ4n) is 2.02. The molecule has 0 saturated heterocycles. The quantitative estimate of drug-likeness (QED) is 0.469. The van der Waals surface area contributed by atoms with Crippen molar-refractivity contribution in [3.8, 4) is 0 Å². The van der Waals surface area contributed by atoms with Crippen LogP contribution in [0.25, 0.3) is 0 Å². The van der Waals surface area contributed by atoms with E-state index in [9.17, 15) is 4.79 Å². The molecule has 0 amide bonds. The van der Waals surface area contributed by atoms with Crippen molar-refractivity contribution >= 4 is 17.3 Å². The Morgan fingerprint density at radius 1 is 1.21 bits per heavy atom. The Morgan fingerprint density at radius 2 is 1.89 bits per heavy atom. The van der Waals surface area contributed by atoms with Gasteiger partial charge in [0.25, 0.3) is 0 Å². The molecule has 0 aliphatic rings. The van der Waals surface area contributed by atoms with Crippen molar-refractivity contribution in [1.29, 1.82) is 0 Å².